The van der Waals surface area contributed by atoms with Crippen molar-refractivity contribution in [2.75, 3.05) is 6.54 Å². The van der Waals surface area contributed by atoms with Gasteiger partial charge in [-0.2, -0.15) is 0 Å². The van der Waals surface area contributed by atoms with E-state index in [2.05, 4.69) is 15.7 Å². The molecule has 4 heteroatoms. The summed E-state index contributed by atoms with van der Waals surface area (Å²) < 4.78 is 12.8. The summed E-state index contributed by atoms with van der Waals surface area (Å²) >= 11 is 1.69. The Morgan fingerprint density at radius 3 is 2.89 bits per heavy atom. The van der Waals surface area contributed by atoms with Gasteiger partial charge in [0.2, 0.25) is 0 Å². The quantitative estimate of drug-likeness (QED) is 0.918. The summed E-state index contributed by atoms with van der Waals surface area (Å²) in [6, 6.07) is 7.09. The third-order valence-corrected chi connectivity index (χ3v) is 4.12. The first-order valence-electron chi connectivity index (χ1n) is 6.23. The topological polar surface area (TPSA) is 24.9 Å². The molecule has 2 aromatic rings. The van der Waals surface area contributed by atoms with Gasteiger partial charge in [0.25, 0.3) is 0 Å². The van der Waals surface area contributed by atoms with Gasteiger partial charge >= 0.3 is 0 Å². The first-order chi connectivity index (χ1) is 8.81. The molecule has 1 aromatic heterocycles. The van der Waals surface area contributed by atoms with Gasteiger partial charge in [-0.3, -0.25) is 0 Å². The average Bonchev–Trinajstić information content (AvgIpc) is 3.02. The van der Waals surface area contributed by atoms with E-state index in [1.807, 2.05) is 12.1 Å². The smallest absolute Gasteiger partial charge is 0.123 e. The minimum absolute atomic E-state index is 0.186. The van der Waals surface area contributed by atoms with E-state index < -0.39 is 0 Å². The van der Waals surface area contributed by atoms with E-state index in [1.165, 1.54) is 25.0 Å². The molecule has 1 fully saturated rings. The number of hydrogen-bond acceptors (Lipinski definition) is 3. The molecular weight excluding hydrogens is 247 g/mol. The lowest BCUT2D eigenvalue weighted by Gasteiger charge is -2.05. The van der Waals surface area contributed by atoms with Crippen LogP contribution in [0.1, 0.15) is 35.1 Å². The number of thiazole rings is 1. The SMILES string of the molecule is Fc1ccc(Cc2nc(C3CCCN3)cs2)cc1. The van der Waals surface area contributed by atoms with Crippen molar-refractivity contribution in [1.82, 2.24) is 10.3 Å². The molecule has 1 saturated heterocycles. The van der Waals surface area contributed by atoms with Crippen molar-refractivity contribution in [3.05, 3.63) is 51.7 Å². The highest BCUT2D eigenvalue weighted by Gasteiger charge is 2.18. The average molecular weight is 262 g/mol. The van der Waals surface area contributed by atoms with Gasteiger partial charge in [-0.25, -0.2) is 9.37 Å². The van der Waals surface area contributed by atoms with Gasteiger partial charge in [-0.05, 0) is 37.1 Å². The molecule has 0 bridgehead atoms. The van der Waals surface area contributed by atoms with Crippen LogP contribution in [0, 0.1) is 5.82 Å². The molecule has 1 unspecified atom stereocenters. The van der Waals surface area contributed by atoms with Gasteiger partial charge in [0.1, 0.15) is 5.82 Å². The number of nitrogens with one attached hydrogen (secondary N) is 1. The van der Waals surface area contributed by atoms with Gasteiger partial charge in [0.15, 0.2) is 0 Å². The molecule has 0 spiro atoms. The van der Waals surface area contributed by atoms with Crippen molar-refractivity contribution in [2.24, 2.45) is 0 Å². The third-order valence-electron chi connectivity index (χ3n) is 3.26. The van der Waals surface area contributed by atoms with Gasteiger partial charge in [0, 0.05) is 11.8 Å². The van der Waals surface area contributed by atoms with Crippen LogP contribution in [-0.2, 0) is 6.42 Å². The predicted octanol–water partition coefficient (Wildman–Crippen LogP) is 3.30. The van der Waals surface area contributed by atoms with Gasteiger partial charge in [0.05, 0.1) is 16.7 Å². The molecule has 1 atom stereocenters. The zero-order valence-electron chi connectivity index (χ0n) is 10.0. The minimum atomic E-state index is -0.186. The lowest BCUT2D eigenvalue weighted by molar-refractivity contribution is 0.626. The highest BCUT2D eigenvalue weighted by atomic mass is 32.1. The fourth-order valence-corrected chi connectivity index (χ4v) is 3.16. The second-order valence-corrected chi connectivity index (χ2v) is 5.56. The fraction of sp³-hybridized carbons (Fsp3) is 0.357. The maximum absolute atomic E-state index is 12.8. The first kappa shape index (κ1) is 11.8. The van der Waals surface area contributed by atoms with Crippen LogP contribution in [0.2, 0.25) is 0 Å². The van der Waals surface area contributed by atoms with Crippen molar-refractivity contribution >= 4 is 11.3 Å². The predicted molar refractivity (Wildman–Crippen MR) is 71.3 cm³/mol. The number of nitrogens with zero attached hydrogens (tertiary/aromatic N) is 1. The Labute approximate surface area is 110 Å². The van der Waals surface area contributed by atoms with Crippen LogP contribution in [0.4, 0.5) is 4.39 Å². The Hall–Kier alpha value is -1.26. The summed E-state index contributed by atoms with van der Waals surface area (Å²) in [5, 5.41) is 6.69. The summed E-state index contributed by atoms with van der Waals surface area (Å²) in [6.45, 7) is 1.09. The molecule has 3 rings (SSSR count). The molecule has 0 radical (unpaired) electrons. The highest BCUT2D eigenvalue weighted by molar-refractivity contribution is 7.09. The van der Waals surface area contributed by atoms with Crippen molar-refractivity contribution < 1.29 is 4.39 Å². The number of halogens is 1. The maximum atomic E-state index is 12.8. The van der Waals surface area contributed by atoms with E-state index >= 15 is 0 Å². The first-order valence-corrected chi connectivity index (χ1v) is 7.11. The molecule has 1 N–H and O–H groups in total. The highest BCUT2D eigenvalue weighted by Crippen LogP contribution is 2.25. The molecule has 0 amide bonds. The molecule has 1 aliphatic heterocycles. The number of aromatic nitrogens is 1. The Kier molecular flexibility index (Phi) is 3.39. The van der Waals surface area contributed by atoms with E-state index in [0.717, 1.165) is 29.2 Å². The van der Waals surface area contributed by atoms with E-state index in [-0.39, 0.29) is 5.82 Å². The molecule has 18 heavy (non-hydrogen) atoms. The van der Waals surface area contributed by atoms with Gasteiger partial charge < -0.3 is 5.32 Å². The summed E-state index contributed by atoms with van der Waals surface area (Å²) in [5.74, 6) is -0.186. The van der Waals surface area contributed by atoms with Crippen LogP contribution in [0.3, 0.4) is 0 Å². The van der Waals surface area contributed by atoms with Crippen LogP contribution in [0.25, 0.3) is 0 Å². The molecular formula is C14H15FN2S. The lowest BCUT2D eigenvalue weighted by Crippen LogP contribution is -2.13. The largest absolute Gasteiger partial charge is 0.309 e. The summed E-state index contributed by atoms with van der Waals surface area (Å²) in [5.41, 5.74) is 2.27. The summed E-state index contributed by atoms with van der Waals surface area (Å²) in [7, 11) is 0. The Morgan fingerprint density at radius 1 is 1.33 bits per heavy atom. The van der Waals surface area contributed by atoms with Crippen LogP contribution in [0.5, 0.6) is 0 Å². The van der Waals surface area contributed by atoms with E-state index in [9.17, 15) is 4.39 Å². The molecule has 2 nitrogen and oxygen atoms in total. The van der Waals surface area contributed by atoms with E-state index in [0.29, 0.717) is 6.04 Å². The van der Waals surface area contributed by atoms with Crippen molar-refractivity contribution in [3.8, 4) is 0 Å². The molecule has 1 aliphatic rings. The van der Waals surface area contributed by atoms with Crippen LogP contribution in [0.15, 0.2) is 29.6 Å². The van der Waals surface area contributed by atoms with E-state index in [4.69, 9.17) is 0 Å². The molecule has 0 saturated carbocycles. The van der Waals surface area contributed by atoms with Crippen molar-refractivity contribution in [3.63, 3.8) is 0 Å². The second-order valence-electron chi connectivity index (χ2n) is 4.62. The molecule has 2 heterocycles. The van der Waals surface area contributed by atoms with E-state index in [1.54, 1.807) is 11.3 Å². The Bertz CT molecular complexity index is 515. The summed E-state index contributed by atoms with van der Waals surface area (Å²) in [6.07, 6.45) is 3.20. The van der Waals surface area contributed by atoms with Crippen LogP contribution in [-0.4, -0.2) is 11.5 Å². The standard InChI is InChI=1S/C14H15FN2S/c15-11-5-3-10(4-6-11)8-14-17-13(9-18-14)12-2-1-7-16-12/h3-6,9,12,16H,1-2,7-8H2. The van der Waals surface area contributed by atoms with Crippen LogP contribution < -0.4 is 5.32 Å². The third kappa shape index (κ3) is 2.60. The Morgan fingerprint density at radius 2 is 2.17 bits per heavy atom. The second kappa shape index (κ2) is 5.16. The van der Waals surface area contributed by atoms with Crippen molar-refractivity contribution in [2.45, 2.75) is 25.3 Å². The van der Waals surface area contributed by atoms with Crippen molar-refractivity contribution in [1.29, 1.82) is 0 Å². The monoisotopic (exact) mass is 262 g/mol. The molecule has 1 aromatic carbocycles. The fourth-order valence-electron chi connectivity index (χ4n) is 2.28. The number of hydrogen-bond donors (Lipinski definition) is 1. The normalized spacial score (nSPS) is 19.3. The zero-order valence-corrected chi connectivity index (χ0v) is 10.8. The Balaban J connectivity index is 1.71. The van der Waals surface area contributed by atoms with Gasteiger partial charge in [-0.1, -0.05) is 12.1 Å². The molecule has 0 aliphatic carbocycles. The number of rotatable bonds is 3. The minimum Gasteiger partial charge on any atom is -0.309 e. The summed E-state index contributed by atoms with van der Waals surface area (Å²) in [4.78, 5) is 4.67. The maximum Gasteiger partial charge on any atom is 0.123 e. The zero-order chi connectivity index (χ0) is 12.4. The number of benzene rings is 1. The van der Waals surface area contributed by atoms with Crippen LogP contribution >= 0.6 is 11.3 Å². The molecule has 94 valence electrons. The lowest BCUT2D eigenvalue weighted by atomic mass is 10.1. The van der Waals surface area contributed by atoms with Gasteiger partial charge in [-0.15, -0.1) is 11.3 Å².